The summed E-state index contributed by atoms with van der Waals surface area (Å²) in [5, 5.41) is 13.0. The summed E-state index contributed by atoms with van der Waals surface area (Å²) in [5.74, 6) is 0. The highest BCUT2D eigenvalue weighted by Crippen LogP contribution is 2.14. The van der Waals surface area contributed by atoms with E-state index in [1.807, 2.05) is 30.0 Å². The van der Waals surface area contributed by atoms with Gasteiger partial charge in [-0.1, -0.05) is 19.1 Å². The Kier molecular flexibility index (Phi) is 6.10. The molecule has 1 aromatic rings. The fourth-order valence-electron chi connectivity index (χ4n) is 1.62. The van der Waals surface area contributed by atoms with Crippen LogP contribution in [0, 0.1) is 11.3 Å². The third kappa shape index (κ3) is 4.80. The van der Waals surface area contributed by atoms with Gasteiger partial charge in [0.25, 0.3) is 0 Å². The number of benzene rings is 1. The molecule has 2 atom stereocenters. The first-order valence-electron chi connectivity index (χ1n) is 5.93. The van der Waals surface area contributed by atoms with E-state index >= 15 is 0 Å². The van der Waals surface area contributed by atoms with Crippen molar-refractivity contribution in [1.82, 2.24) is 5.32 Å². The topological polar surface area (TPSA) is 35.8 Å². The van der Waals surface area contributed by atoms with E-state index in [1.165, 1.54) is 12.0 Å². The number of hydrogen-bond donors (Lipinski definition) is 1. The largest absolute Gasteiger partial charge is 0.310 e. The molecular weight excluding hydrogens is 228 g/mol. The first-order chi connectivity index (χ1) is 8.17. The molecule has 0 saturated heterocycles. The molecule has 0 aliphatic carbocycles. The molecule has 1 rings (SSSR count). The Labute approximate surface area is 108 Å². The summed E-state index contributed by atoms with van der Waals surface area (Å²) >= 11 is 1.90. The van der Waals surface area contributed by atoms with Gasteiger partial charge in [0.2, 0.25) is 0 Å². The average molecular weight is 248 g/mol. The molecule has 0 heterocycles. The van der Waals surface area contributed by atoms with Crippen LogP contribution in [0.25, 0.3) is 0 Å². The van der Waals surface area contributed by atoms with Crippen molar-refractivity contribution < 1.29 is 0 Å². The smallest absolute Gasteiger partial charge is 0.0991 e. The summed E-state index contributed by atoms with van der Waals surface area (Å²) in [6.45, 7) is 5.40. The first-order valence-corrected chi connectivity index (χ1v) is 7.22. The third-order valence-electron chi connectivity index (χ3n) is 2.92. The lowest BCUT2D eigenvalue weighted by Crippen LogP contribution is -2.21. The molecule has 92 valence electrons. The maximum absolute atomic E-state index is 8.85. The second-order valence-electron chi connectivity index (χ2n) is 4.25. The minimum Gasteiger partial charge on any atom is -0.310 e. The molecule has 0 spiro atoms. The zero-order valence-corrected chi connectivity index (χ0v) is 11.6. The Morgan fingerprint density at radius 2 is 2.18 bits per heavy atom. The number of nitrogens with one attached hydrogen (secondary N) is 1. The van der Waals surface area contributed by atoms with E-state index < -0.39 is 0 Å². The monoisotopic (exact) mass is 248 g/mol. The van der Waals surface area contributed by atoms with Gasteiger partial charge >= 0.3 is 0 Å². The van der Waals surface area contributed by atoms with E-state index in [0.717, 1.165) is 12.1 Å². The molecule has 0 aliphatic heterocycles. The van der Waals surface area contributed by atoms with Gasteiger partial charge in [-0.2, -0.15) is 17.0 Å². The molecule has 0 radical (unpaired) electrons. The molecular formula is C14H20N2S. The van der Waals surface area contributed by atoms with Crippen molar-refractivity contribution in [3.05, 3.63) is 35.4 Å². The zero-order valence-electron chi connectivity index (χ0n) is 10.7. The highest BCUT2D eigenvalue weighted by molar-refractivity contribution is 7.99. The van der Waals surface area contributed by atoms with Gasteiger partial charge in [-0.05, 0) is 43.8 Å². The van der Waals surface area contributed by atoms with Crippen molar-refractivity contribution in [2.24, 2.45) is 0 Å². The number of nitrogens with zero attached hydrogens (tertiary/aromatic N) is 1. The van der Waals surface area contributed by atoms with E-state index in [1.54, 1.807) is 0 Å². The van der Waals surface area contributed by atoms with Crippen LogP contribution in [0.3, 0.4) is 0 Å². The van der Waals surface area contributed by atoms with Crippen molar-refractivity contribution >= 4 is 11.8 Å². The van der Waals surface area contributed by atoms with Crippen LogP contribution in [0.4, 0.5) is 0 Å². The van der Waals surface area contributed by atoms with Gasteiger partial charge in [0.05, 0.1) is 11.6 Å². The van der Waals surface area contributed by atoms with E-state index in [0.29, 0.717) is 11.3 Å². The van der Waals surface area contributed by atoms with Gasteiger partial charge in [0, 0.05) is 11.3 Å². The van der Waals surface area contributed by atoms with Crippen molar-refractivity contribution in [3.8, 4) is 6.07 Å². The summed E-state index contributed by atoms with van der Waals surface area (Å²) in [4.78, 5) is 0. The molecule has 0 amide bonds. The molecule has 2 unspecified atom stereocenters. The van der Waals surface area contributed by atoms with Gasteiger partial charge in [-0.25, -0.2) is 0 Å². The molecule has 1 aromatic carbocycles. The van der Waals surface area contributed by atoms with Crippen LogP contribution in [0.2, 0.25) is 0 Å². The predicted octanol–water partition coefficient (Wildman–Crippen LogP) is 3.35. The molecule has 0 saturated carbocycles. The maximum Gasteiger partial charge on any atom is 0.0991 e. The van der Waals surface area contributed by atoms with E-state index in [4.69, 9.17) is 5.26 Å². The van der Waals surface area contributed by atoms with E-state index in [9.17, 15) is 0 Å². The lowest BCUT2D eigenvalue weighted by atomic mass is 10.1. The van der Waals surface area contributed by atoms with Crippen LogP contribution in [-0.2, 0) is 0 Å². The summed E-state index contributed by atoms with van der Waals surface area (Å²) < 4.78 is 0. The van der Waals surface area contributed by atoms with Crippen molar-refractivity contribution in [1.29, 1.82) is 5.26 Å². The molecule has 2 nitrogen and oxygen atoms in total. The van der Waals surface area contributed by atoms with Gasteiger partial charge in [-0.3, -0.25) is 0 Å². The lowest BCUT2D eigenvalue weighted by molar-refractivity contribution is 0.558. The first kappa shape index (κ1) is 14.1. The van der Waals surface area contributed by atoms with Gasteiger partial charge in [0.1, 0.15) is 0 Å². The fourth-order valence-corrected chi connectivity index (χ4v) is 1.97. The van der Waals surface area contributed by atoms with Crippen LogP contribution in [0.5, 0.6) is 0 Å². The molecule has 0 aromatic heterocycles. The highest BCUT2D eigenvalue weighted by atomic mass is 32.2. The minimum absolute atomic E-state index is 0.303. The van der Waals surface area contributed by atoms with Crippen LogP contribution in [-0.4, -0.2) is 18.1 Å². The van der Waals surface area contributed by atoms with Gasteiger partial charge in [0.15, 0.2) is 0 Å². The molecule has 0 aliphatic rings. The zero-order chi connectivity index (χ0) is 12.7. The summed E-state index contributed by atoms with van der Waals surface area (Å²) in [6, 6.07) is 10.3. The van der Waals surface area contributed by atoms with Crippen LogP contribution in [0.15, 0.2) is 24.3 Å². The Balaban J connectivity index is 2.47. The molecule has 3 heteroatoms. The predicted molar refractivity (Wildman–Crippen MR) is 75.2 cm³/mol. The van der Waals surface area contributed by atoms with E-state index in [-0.39, 0.29) is 0 Å². The van der Waals surface area contributed by atoms with Crippen molar-refractivity contribution in [2.75, 3.05) is 12.8 Å². The third-order valence-corrected chi connectivity index (χ3v) is 3.96. The lowest BCUT2D eigenvalue weighted by Gasteiger charge is -2.16. The normalized spacial score (nSPS) is 14.0. The number of rotatable bonds is 6. The summed E-state index contributed by atoms with van der Waals surface area (Å²) in [7, 11) is 0. The quantitative estimate of drug-likeness (QED) is 0.838. The van der Waals surface area contributed by atoms with Crippen molar-refractivity contribution in [2.45, 2.75) is 31.6 Å². The Bertz CT molecular complexity index is 384. The highest BCUT2D eigenvalue weighted by Gasteiger charge is 2.06. The molecule has 1 N–H and O–H groups in total. The second kappa shape index (κ2) is 7.37. The van der Waals surface area contributed by atoms with Crippen molar-refractivity contribution in [3.63, 3.8) is 0 Å². The number of nitriles is 1. The molecule has 0 fully saturated rings. The SMILES string of the molecule is CSC(C)CCNC(C)c1cccc(C#N)c1. The van der Waals surface area contributed by atoms with E-state index in [2.05, 4.69) is 37.6 Å². The van der Waals surface area contributed by atoms with Crippen LogP contribution < -0.4 is 5.32 Å². The van der Waals surface area contributed by atoms with Gasteiger partial charge < -0.3 is 5.32 Å². The fraction of sp³-hybridized carbons (Fsp3) is 0.500. The Morgan fingerprint density at radius 3 is 2.82 bits per heavy atom. The van der Waals surface area contributed by atoms with Crippen LogP contribution in [0.1, 0.15) is 37.4 Å². The van der Waals surface area contributed by atoms with Gasteiger partial charge in [-0.15, -0.1) is 0 Å². The Hall–Kier alpha value is -0.980. The summed E-state index contributed by atoms with van der Waals surface area (Å²) in [5.41, 5.74) is 1.91. The molecule has 0 bridgehead atoms. The molecule has 17 heavy (non-hydrogen) atoms. The average Bonchev–Trinajstić information content (AvgIpc) is 2.38. The standard InChI is InChI=1S/C14H20N2S/c1-11(17-3)7-8-16-12(2)14-6-4-5-13(9-14)10-15/h4-6,9,11-12,16H,7-8H2,1-3H3. The Morgan fingerprint density at radius 1 is 1.41 bits per heavy atom. The maximum atomic E-state index is 8.85. The van der Waals surface area contributed by atoms with Crippen LogP contribution >= 0.6 is 11.8 Å². The number of thioether (sulfide) groups is 1. The number of hydrogen-bond acceptors (Lipinski definition) is 3. The minimum atomic E-state index is 0.303. The second-order valence-corrected chi connectivity index (χ2v) is 5.52. The summed E-state index contributed by atoms with van der Waals surface area (Å²) in [6.07, 6.45) is 3.31.